The number of β-amino-alcohol motifs (C(OH)–C–C–N with tert-alkyl or cyclic N) is 1. The first-order chi connectivity index (χ1) is 11.2. The Labute approximate surface area is 136 Å². The number of nitrogens with one attached hydrogen (secondary N) is 1. The van der Waals surface area contributed by atoms with E-state index in [4.69, 9.17) is 0 Å². The fraction of sp³-hybridized carbons (Fsp3) is 0.333. The van der Waals surface area contributed by atoms with Crippen LogP contribution in [0.15, 0.2) is 54.9 Å². The number of aliphatic hydroxyl groups excluding tert-OH is 1. The molecule has 5 heteroatoms. The number of pyridine rings is 1. The molecule has 1 amide bonds. The number of rotatable bonds is 4. The zero-order valence-electron chi connectivity index (χ0n) is 12.9. The summed E-state index contributed by atoms with van der Waals surface area (Å²) in [7, 11) is 0. The molecule has 1 fully saturated rings. The van der Waals surface area contributed by atoms with Crippen molar-refractivity contribution < 1.29 is 9.90 Å². The van der Waals surface area contributed by atoms with Crippen molar-refractivity contribution in [2.24, 2.45) is 5.92 Å². The summed E-state index contributed by atoms with van der Waals surface area (Å²) in [5.74, 6) is -0.488. The Hall–Kier alpha value is -2.24. The molecule has 2 N–H and O–H groups in total. The molecule has 5 nitrogen and oxygen atoms in total. The van der Waals surface area contributed by atoms with E-state index in [1.54, 1.807) is 24.5 Å². The van der Waals surface area contributed by atoms with Crippen LogP contribution in [0.5, 0.6) is 0 Å². The lowest BCUT2D eigenvalue weighted by molar-refractivity contribution is -0.126. The Morgan fingerprint density at radius 1 is 1.22 bits per heavy atom. The smallest absolute Gasteiger partial charge is 0.230 e. The quantitative estimate of drug-likeness (QED) is 0.905. The van der Waals surface area contributed by atoms with Gasteiger partial charge >= 0.3 is 0 Å². The third-order valence-electron chi connectivity index (χ3n) is 4.20. The van der Waals surface area contributed by atoms with Crippen LogP contribution in [0, 0.1) is 5.92 Å². The molecule has 120 valence electrons. The summed E-state index contributed by atoms with van der Waals surface area (Å²) >= 11 is 0. The van der Waals surface area contributed by atoms with Gasteiger partial charge in [-0.05, 0) is 30.7 Å². The Bertz CT molecular complexity index is 633. The number of aromatic nitrogens is 1. The van der Waals surface area contributed by atoms with Crippen molar-refractivity contribution in [2.45, 2.75) is 19.1 Å². The van der Waals surface area contributed by atoms with Crippen LogP contribution in [-0.2, 0) is 11.3 Å². The SMILES string of the molecule is O=C(Nc1ccncc1)C1CCN(Cc2ccccc2)CC1O. The summed E-state index contributed by atoms with van der Waals surface area (Å²) in [6.45, 7) is 2.13. The number of piperidine rings is 1. The molecule has 0 saturated carbocycles. The molecular weight excluding hydrogens is 290 g/mol. The molecule has 1 saturated heterocycles. The Kier molecular flexibility index (Phi) is 5.00. The number of hydrogen-bond donors (Lipinski definition) is 2. The van der Waals surface area contributed by atoms with Crippen molar-refractivity contribution in [3.63, 3.8) is 0 Å². The van der Waals surface area contributed by atoms with Crippen molar-refractivity contribution in [3.8, 4) is 0 Å². The molecule has 1 aromatic heterocycles. The van der Waals surface area contributed by atoms with Crippen LogP contribution in [0.4, 0.5) is 5.69 Å². The van der Waals surface area contributed by atoms with Gasteiger partial charge in [0.1, 0.15) is 0 Å². The summed E-state index contributed by atoms with van der Waals surface area (Å²) in [6.07, 6.45) is 3.28. The fourth-order valence-electron chi connectivity index (χ4n) is 2.96. The van der Waals surface area contributed by atoms with E-state index in [9.17, 15) is 9.90 Å². The van der Waals surface area contributed by atoms with Gasteiger partial charge in [-0.15, -0.1) is 0 Å². The minimum absolute atomic E-state index is 0.122. The number of amides is 1. The van der Waals surface area contributed by atoms with Gasteiger partial charge in [0, 0.05) is 31.2 Å². The highest BCUT2D eigenvalue weighted by Gasteiger charge is 2.32. The number of hydrogen-bond acceptors (Lipinski definition) is 4. The molecule has 1 aliphatic rings. The Morgan fingerprint density at radius 2 is 1.96 bits per heavy atom. The van der Waals surface area contributed by atoms with Gasteiger partial charge in [0.25, 0.3) is 0 Å². The van der Waals surface area contributed by atoms with Crippen molar-refractivity contribution in [1.82, 2.24) is 9.88 Å². The highest BCUT2D eigenvalue weighted by Crippen LogP contribution is 2.21. The number of anilines is 1. The van der Waals surface area contributed by atoms with E-state index in [0.29, 0.717) is 18.7 Å². The van der Waals surface area contributed by atoms with Gasteiger partial charge in [-0.3, -0.25) is 14.7 Å². The summed E-state index contributed by atoms with van der Waals surface area (Å²) in [6, 6.07) is 13.7. The predicted molar refractivity (Wildman–Crippen MR) is 88.7 cm³/mol. The number of aliphatic hydroxyl groups is 1. The van der Waals surface area contributed by atoms with Crippen LogP contribution < -0.4 is 5.32 Å². The fourth-order valence-corrected chi connectivity index (χ4v) is 2.96. The molecule has 23 heavy (non-hydrogen) atoms. The molecule has 1 aromatic carbocycles. The van der Waals surface area contributed by atoms with E-state index >= 15 is 0 Å². The first kappa shape index (κ1) is 15.6. The lowest BCUT2D eigenvalue weighted by atomic mass is 9.92. The van der Waals surface area contributed by atoms with E-state index in [1.807, 2.05) is 18.2 Å². The predicted octanol–water partition coefficient (Wildman–Crippen LogP) is 1.90. The molecule has 2 aromatic rings. The topological polar surface area (TPSA) is 65.5 Å². The number of nitrogens with zero attached hydrogens (tertiary/aromatic N) is 2. The lowest BCUT2D eigenvalue weighted by Gasteiger charge is -2.35. The third-order valence-corrected chi connectivity index (χ3v) is 4.20. The third kappa shape index (κ3) is 4.15. The maximum absolute atomic E-state index is 12.3. The highest BCUT2D eigenvalue weighted by molar-refractivity contribution is 5.92. The van der Waals surface area contributed by atoms with Crippen LogP contribution in [0.1, 0.15) is 12.0 Å². The number of benzene rings is 1. The van der Waals surface area contributed by atoms with E-state index in [0.717, 1.165) is 13.1 Å². The van der Waals surface area contributed by atoms with Crippen molar-refractivity contribution in [1.29, 1.82) is 0 Å². The highest BCUT2D eigenvalue weighted by atomic mass is 16.3. The van der Waals surface area contributed by atoms with Crippen LogP contribution in [-0.4, -0.2) is 40.1 Å². The molecular formula is C18H21N3O2. The van der Waals surface area contributed by atoms with Gasteiger partial charge < -0.3 is 10.4 Å². The summed E-state index contributed by atoms with van der Waals surface area (Å²) < 4.78 is 0. The zero-order valence-corrected chi connectivity index (χ0v) is 12.9. The second-order valence-electron chi connectivity index (χ2n) is 5.91. The second-order valence-corrected chi connectivity index (χ2v) is 5.91. The molecule has 1 aliphatic heterocycles. The minimum Gasteiger partial charge on any atom is -0.391 e. The van der Waals surface area contributed by atoms with Gasteiger partial charge in [-0.2, -0.15) is 0 Å². The van der Waals surface area contributed by atoms with E-state index in [1.165, 1.54) is 5.56 Å². The minimum atomic E-state index is -0.644. The van der Waals surface area contributed by atoms with Crippen molar-refractivity contribution >= 4 is 11.6 Å². The Balaban J connectivity index is 1.55. The molecule has 0 aliphatic carbocycles. The summed E-state index contributed by atoms with van der Waals surface area (Å²) in [5.41, 5.74) is 1.93. The monoisotopic (exact) mass is 311 g/mol. The van der Waals surface area contributed by atoms with Crippen molar-refractivity contribution in [3.05, 3.63) is 60.4 Å². The number of likely N-dealkylation sites (tertiary alicyclic amines) is 1. The first-order valence-corrected chi connectivity index (χ1v) is 7.87. The normalized spacial score (nSPS) is 21.8. The van der Waals surface area contributed by atoms with Crippen LogP contribution in [0.2, 0.25) is 0 Å². The van der Waals surface area contributed by atoms with Gasteiger partial charge in [0.15, 0.2) is 0 Å². The lowest BCUT2D eigenvalue weighted by Crippen LogP contribution is -2.47. The molecule has 3 rings (SSSR count). The summed E-state index contributed by atoms with van der Waals surface area (Å²) in [4.78, 5) is 18.4. The maximum atomic E-state index is 12.3. The molecule has 2 heterocycles. The number of carbonyl (C=O) groups is 1. The molecule has 2 unspecified atom stereocenters. The van der Waals surface area contributed by atoms with Gasteiger partial charge in [-0.1, -0.05) is 30.3 Å². The summed E-state index contributed by atoms with van der Waals surface area (Å²) in [5, 5.41) is 13.2. The van der Waals surface area contributed by atoms with Crippen LogP contribution in [0.3, 0.4) is 0 Å². The van der Waals surface area contributed by atoms with Gasteiger partial charge in [0.05, 0.1) is 12.0 Å². The van der Waals surface area contributed by atoms with Crippen LogP contribution >= 0.6 is 0 Å². The first-order valence-electron chi connectivity index (χ1n) is 7.87. The molecule has 0 spiro atoms. The van der Waals surface area contributed by atoms with E-state index in [2.05, 4.69) is 27.3 Å². The molecule has 2 atom stereocenters. The average molecular weight is 311 g/mol. The van der Waals surface area contributed by atoms with E-state index in [-0.39, 0.29) is 11.8 Å². The zero-order chi connectivity index (χ0) is 16.1. The van der Waals surface area contributed by atoms with Crippen LogP contribution in [0.25, 0.3) is 0 Å². The number of carbonyl (C=O) groups excluding carboxylic acids is 1. The maximum Gasteiger partial charge on any atom is 0.230 e. The van der Waals surface area contributed by atoms with Gasteiger partial charge in [-0.25, -0.2) is 0 Å². The average Bonchev–Trinajstić information content (AvgIpc) is 2.57. The molecule has 0 radical (unpaired) electrons. The van der Waals surface area contributed by atoms with Crippen molar-refractivity contribution in [2.75, 3.05) is 18.4 Å². The molecule has 0 bridgehead atoms. The largest absolute Gasteiger partial charge is 0.391 e. The second kappa shape index (κ2) is 7.35. The van der Waals surface area contributed by atoms with Gasteiger partial charge in [0.2, 0.25) is 5.91 Å². The standard InChI is InChI=1S/C18H21N3O2/c22-17-13-21(12-14-4-2-1-3-5-14)11-8-16(17)18(23)20-15-6-9-19-10-7-15/h1-7,9-10,16-17,22H,8,11-13H2,(H,19,20,23). The van der Waals surface area contributed by atoms with E-state index < -0.39 is 6.10 Å². The Morgan fingerprint density at radius 3 is 2.65 bits per heavy atom.